The topological polar surface area (TPSA) is 71.0 Å². The van der Waals surface area contributed by atoms with E-state index in [1.165, 1.54) is 17.9 Å². The largest absolute Gasteiger partial charge is 0.315 e. The third kappa shape index (κ3) is 4.56. The number of rotatable bonds is 6. The molecule has 27 heavy (non-hydrogen) atoms. The first-order valence-corrected chi connectivity index (χ1v) is 9.86. The number of nitrogens with zero attached hydrogens (tertiary/aromatic N) is 4. The molecule has 1 aromatic carbocycles. The smallest absolute Gasteiger partial charge is 0.207 e. The van der Waals surface area contributed by atoms with Crippen molar-refractivity contribution in [3.63, 3.8) is 0 Å². The first-order chi connectivity index (χ1) is 13.3. The Hall–Kier alpha value is -2.64. The highest BCUT2D eigenvalue weighted by Gasteiger charge is 2.25. The first kappa shape index (κ1) is 17.8. The molecule has 1 N–H and O–H groups in total. The Morgan fingerprint density at radius 3 is 2.67 bits per heavy atom. The summed E-state index contributed by atoms with van der Waals surface area (Å²) in [6.07, 6.45) is 3.32. The molecule has 1 aliphatic rings. The van der Waals surface area contributed by atoms with E-state index < -0.39 is 0 Å². The van der Waals surface area contributed by atoms with Crippen LogP contribution in [-0.2, 0) is 6.54 Å². The van der Waals surface area contributed by atoms with Crippen LogP contribution >= 0.6 is 11.5 Å². The lowest BCUT2D eigenvalue weighted by Crippen LogP contribution is -2.36. The molecule has 6 nitrogen and oxygen atoms in total. The molecule has 0 unspecified atom stereocenters. The van der Waals surface area contributed by atoms with Gasteiger partial charge >= 0.3 is 0 Å². The summed E-state index contributed by atoms with van der Waals surface area (Å²) >= 11 is 1.31. The fourth-order valence-electron chi connectivity index (χ4n) is 3.40. The van der Waals surface area contributed by atoms with E-state index in [0.29, 0.717) is 0 Å². The summed E-state index contributed by atoms with van der Waals surface area (Å²) in [6.45, 7) is 2.62. The number of anilines is 2. The maximum Gasteiger partial charge on any atom is 0.207 e. The van der Waals surface area contributed by atoms with E-state index in [1.54, 1.807) is 0 Å². The van der Waals surface area contributed by atoms with Gasteiger partial charge in [-0.2, -0.15) is 4.37 Å². The number of ketones is 1. The van der Waals surface area contributed by atoms with Crippen LogP contribution in [0.5, 0.6) is 0 Å². The lowest BCUT2D eigenvalue weighted by atomic mass is 9.89. The lowest BCUT2D eigenvalue weighted by Gasteiger charge is -2.31. The normalized spacial score (nSPS) is 15.6. The summed E-state index contributed by atoms with van der Waals surface area (Å²) < 4.78 is 3.98. The predicted molar refractivity (Wildman–Crippen MR) is 106 cm³/mol. The second-order valence-corrected chi connectivity index (χ2v) is 7.45. The van der Waals surface area contributed by atoms with Crippen LogP contribution in [0.15, 0.2) is 54.9 Å². The van der Waals surface area contributed by atoms with Crippen LogP contribution in [0.4, 0.5) is 10.9 Å². The van der Waals surface area contributed by atoms with Gasteiger partial charge in [-0.15, -0.1) is 0 Å². The number of pyridine rings is 1. The molecular weight excluding hydrogens is 358 g/mol. The number of carbonyl (C=O) groups is 1. The van der Waals surface area contributed by atoms with Crippen molar-refractivity contribution >= 4 is 28.3 Å². The second-order valence-electron chi connectivity index (χ2n) is 6.67. The number of nitrogens with one attached hydrogen (secondary N) is 1. The van der Waals surface area contributed by atoms with Crippen LogP contribution in [0.2, 0.25) is 0 Å². The number of piperidine rings is 1. The molecule has 3 heterocycles. The van der Waals surface area contributed by atoms with Gasteiger partial charge in [-0.25, -0.2) is 9.97 Å². The maximum atomic E-state index is 12.6. The molecule has 3 aromatic rings. The molecule has 0 spiro atoms. The van der Waals surface area contributed by atoms with E-state index in [-0.39, 0.29) is 11.7 Å². The van der Waals surface area contributed by atoms with Crippen molar-refractivity contribution in [2.75, 3.05) is 18.4 Å². The van der Waals surface area contributed by atoms with Crippen LogP contribution in [0, 0.1) is 5.92 Å². The molecule has 2 aromatic heterocycles. The van der Waals surface area contributed by atoms with Gasteiger partial charge in [0.05, 0.1) is 5.69 Å². The van der Waals surface area contributed by atoms with Gasteiger partial charge in [0.2, 0.25) is 5.13 Å². The number of Topliss-reactive ketones (excluding diaryl/α,β-unsaturated/α-hetero) is 1. The van der Waals surface area contributed by atoms with Gasteiger partial charge in [0, 0.05) is 29.6 Å². The fourth-order valence-corrected chi connectivity index (χ4v) is 3.83. The van der Waals surface area contributed by atoms with Crippen molar-refractivity contribution in [1.82, 2.24) is 19.2 Å². The number of carbonyl (C=O) groups excluding carboxylic acids is 1. The van der Waals surface area contributed by atoms with Crippen molar-refractivity contribution in [2.24, 2.45) is 5.92 Å². The molecule has 7 heteroatoms. The zero-order valence-electron chi connectivity index (χ0n) is 14.9. The van der Waals surface area contributed by atoms with E-state index in [9.17, 15) is 4.79 Å². The van der Waals surface area contributed by atoms with Gasteiger partial charge in [-0.3, -0.25) is 9.69 Å². The van der Waals surface area contributed by atoms with E-state index >= 15 is 0 Å². The summed E-state index contributed by atoms with van der Waals surface area (Å²) in [5.74, 6) is 1.18. The van der Waals surface area contributed by atoms with E-state index in [2.05, 4.69) is 24.6 Å². The van der Waals surface area contributed by atoms with Gasteiger partial charge in [0.25, 0.3) is 0 Å². The Bertz CT molecular complexity index is 876. The summed E-state index contributed by atoms with van der Waals surface area (Å²) in [7, 11) is 0. The van der Waals surface area contributed by atoms with Crippen molar-refractivity contribution in [3.05, 3.63) is 66.1 Å². The van der Waals surface area contributed by atoms with Crippen LogP contribution in [0.1, 0.15) is 28.9 Å². The summed E-state index contributed by atoms with van der Waals surface area (Å²) in [5, 5.41) is 3.91. The van der Waals surface area contributed by atoms with E-state index in [0.717, 1.165) is 54.7 Å². The Morgan fingerprint density at radius 1 is 1.11 bits per heavy atom. The number of hydrogen-bond acceptors (Lipinski definition) is 7. The monoisotopic (exact) mass is 379 g/mol. The van der Waals surface area contributed by atoms with Gasteiger partial charge in [0.1, 0.15) is 12.1 Å². The van der Waals surface area contributed by atoms with Gasteiger partial charge in [-0.1, -0.05) is 36.4 Å². The van der Waals surface area contributed by atoms with Crippen molar-refractivity contribution in [2.45, 2.75) is 19.4 Å². The molecule has 0 radical (unpaired) electrons. The van der Waals surface area contributed by atoms with Gasteiger partial charge < -0.3 is 5.32 Å². The minimum atomic E-state index is 0.127. The SMILES string of the molecule is O=C(c1ccccc1)C1CCN(Cc2cccc(Nc3ncns3)n2)CC1. The first-order valence-electron chi connectivity index (χ1n) is 9.09. The Kier molecular flexibility index (Phi) is 5.50. The van der Waals surface area contributed by atoms with Crippen molar-refractivity contribution in [1.29, 1.82) is 0 Å². The van der Waals surface area contributed by atoms with Crippen LogP contribution in [0.3, 0.4) is 0 Å². The van der Waals surface area contributed by atoms with Crippen LogP contribution in [-0.4, -0.2) is 38.1 Å². The summed E-state index contributed by atoms with van der Waals surface area (Å²) in [4.78, 5) is 23.8. The number of benzene rings is 1. The zero-order chi connectivity index (χ0) is 18.5. The molecule has 0 atom stereocenters. The summed E-state index contributed by atoms with van der Waals surface area (Å²) in [6, 6.07) is 15.6. The zero-order valence-corrected chi connectivity index (χ0v) is 15.7. The quantitative estimate of drug-likeness (QED) is 0.658. The van der Waals surface area contributed by atoms with Crippen LogP contribution < -0.4 is 5.32 Å². The van der Waals surface area contributed by atoms with Gasteiger partial charge in [0.15, 0.2) is 5.78 Å². The minimum Gasteiger partial charge on any atom is -0.315 e. The van der Waals surface area contributed by atoms with Crippen molar-refractivity contribution in [3.8, 4) is 0 Å². The molecular formula is C20H21N5OS. The molecule has 0 saturated carbocycles. The third-order valence-electron chi connectivity index (χ3n) is 4.81. The molecule has 0 aliphatic carbocycles. The second kappa shape index (κ2) is 8.37. The molecule has 0 bridgehead atoms. The highest BCUT2D eigenvalue weighted by molar-refractivity contribution is 7.09. The van der Waals surface area contributed by atoms with Crippen LogP contribution in [0.25, 0.3) is 0 Å². The lowest BCUT2D eigenvalue weighted by molar-refractivity contribution is 0.0834. The standard InChI is InChI=1S/C20H21N5OS/c26-19(15-5-2-1-3-6-15)16-9-11-25(12-10-16)13-17-7-4-8-18(23-17)24-20-21-14-22-27-20/h1-8,14,16H,9-13H2,(H,21,22,23,24). The number of aromatic nitrogens is 3. The highest BCUT2D eigenvalue weighted by atomic mass is 32.1. The number of likely N-dealkylation sites (tertiary alicyclic amines) is 1. The Morgan fingerprint density at radius 2 is 1.93 bits per heavy atom. The minimum absolute atomic E-state index is 0.127. The molecule has 138 valence electrons. The molecule has 0 amide bonds. The molecule has 1 aliphatic heterocycles. The third-order valence-corrected chi connectivity index (χ3v) is 5.39. The molecule has 1 fully saturated rings. The average molecular weight is 379 g/mol. The molecule has 4 rings (SSSR count). The van der Waals surface area contributed by atoms with Crippen molar-refractivity contribution < 1.29 is 4.79 Å². The van der Waals surface area contributed by atoms with E-state index in [4.69, 9.17) is 0 Å². The maximum absolute atomic E-state index is 12.6. The predicted octanol–water partition coefficient (Wildman–Crippen LogP) is 3.77. The Balaban J connectivity index is 1.32. The van der Waals surface area contributed by atoms with E-state index in [1.807, 2.05) is 48.5 Å². The fraction of sp³-hybridized carbons (Fsp3) is 0.300. The molecule has 1 saturated heterocycles. The number of hydrogen-bond donors (Lipinski definition) is 1. The van der Waals surface area contributed by atoms with Gasteiger partial charge in [-0.05, 0) is 38.1 Å². The average Bonchev–Trinajstić information content (AvgIpc) is 3.22. The summed E-state index contributed by atoms with van der Waals surface area (Å²) in [5.41, 5.74) is 1.84. The Labute approximate surface area is 162 Å². The highest BCUT2D eigenvalue weighted by Crippen LogP contribution is 2.23.